The quantitative estimate of drug-likeness (QED) is 0.803. The van der Waals surface area contributed by atoms with Crippen LogP contribution in [-0.2, 0) is 0 Å². The Balaban J connectivity index is 1.26. The van der Waals surface area contributed by atoms with Crippen LogP contribution in [0.5, 0.6) is 0 Å². The first kappa shape index (κ1) is 12.8. The van der Waals surface area contributed by atoms with Crippen LogP contribution >= 0.6 is 0 Å². The summed E-state index contributed by atoms with van der Waals surface area (Å²) in [6, 6.07) is 8.84. The van der Waals surface area contributed by atoms with Crippen LogP contribution in [0.3, 0.4) is 0 Å². The molecule has 2 N–H and O–H groups in total. The van der Waals surface area contributed by atoms with Gasteiger partial charge in [-0.1, -0.05) is 12.2 Å². The summed E-state index contributed by atoms with van der Waals surface area (Å²) in [5.74, 6) is 3.28. The van der Waals surface area contributed by atoms with E-state index in [2.05, 4.69) is 47.1 Å². The molecule has 2 heteroatoms. The Labute approximate surface area is 132 Å². The highest BCUT2D eigenvalue weighted by atomic mass is 14.9. The normalized spacial score (nSPS) is 34.7. The van der Waals surface area contributed by atoms with Crippen LogP contribution in [0.15, 0.2) is 47.8 Å². The average molecular weight is 292 g/mol. The molecule has 0 saturated heterocycles. The molecular formula is C20H24N2. The zero-order valence-electron chi connectivity index (χ0n) is 13.0. The van der Waals surface area contributed by atoms with Crippen LogP contribution in [0.4, 0.5) is 11.4 Å². The summed E-state index contributed by atoms with van der Waals surface area (Å²) in [7, 11) is 0. The third-order valence-corrected chi connectivity index (χ3v) is 6.12. The van der Waals surface area contributed by atoms with Crippen molar-refractivity contribution in [3.05, 3.63) is 47.8 Å². The van der Waals surface area contributed by atoms with E-state index in [0.29, 0.717) is 0 Å². The van der Waals surface area contributed by atoms with Crippen molar-refractivity contribution in [3.8, 4) is 0 Å². The Morgan fingerprint density at radius 1 is 0.636 bits per heavy atom. The fraction of sp³-hybridized carbons (Fsp3) is 0.500. The van der Waals surface area contributed by atoms with Crippen LogP contribution in [0.25, 0.3) is 0 Å². The zero-order valence-corrected chi connectivity index (χ0v) is 13.0. The highest BCUT2D eigenvalue weighted by molar-refractivity contribution is 5.59. The number of nitrogens with one attached hydrogen (secondary N) is 2. The largest absolute Gasteiger partial charge is 0.359 e. The first-order valence-corrected chi connectivity index (χ1v) is 8.91. The maximum absolute atomic E-state index is 3.64. The Bertz CT molecular complexity index is 583. The van der Waals surface area contributed by atoms with Gasteiger partial charge in [0.15, 0.2) is 0 Å². The van der Waals surface area contributed by atoms with Gasteiger partial charge in [-0.15, -0.1) is 0 Å². The van der Waals surface area contributed by atoms with Crippen LogP contribution in [0.1, 0.15) is 38.5 Å². The second-order valence-corrected chi connectivity index (χ2v) is 7.61. The van der Waals surface area contributed by atoms with Crippen molar-refractivity contribution in [2.45, 2.75) is 38.5 Å². The summed E-state index contributed by atoms with van der Waals surface area (Å²) in [5, 5.41) is 7.28. The molecule has 22 heavy (non-hydrogen) atoms. The molecule has 0 spiro atoms. The Morgan fingerprint density at radius 3 is 1.41 bits per heavy atom. The van der Waals surface area contributed by atoms with Gasteiger partial charge in [0.25, 0.3) is 0 Å². The van der Waals surface area contributed by atoms with Crippen molar-refractivity contribution in [2.75, 3.05) is 10.6 Å². The molecule has 0 aliphatic heterocycles. The van der Waals surface area contributed by atoms with Crippen LogP contribution < -0.4 is 10.6 Å². The summed E-state index contributed by atoms with van der Waals surface area (Å²) in [5.41, 5.74) is 5.39. The van der Waals surface area contributed by atoms with E-state index in [0.717, 1.165) is 23.7 Å². The SMILES string of the molecule is C1=C(Nc2ccc(NC3=CC4CCC3C4)cc2)C2CCC1C2. The third kappa shape index (κ3) is 2.16. The minimum absolute atomic E-state index is 0.794. The summed E-state index contributed by atoms with van der Waals surface area (Å²) < 4.78 is 0. The van der Waals surface area contributed by atoms with Gasteiger partial charge in [0.05, 0.1) is 0 Å². The van der Waals surface area contributed by atoms with Gasteiger partial charge in [0.2, 0.25) is 0 Å². The third-order valence-electron chi connectivity index (χ3n) is 6.12. The maximum atomic E-state index is 3.64. The standard InChI is InChI=1S/C20H24N2/c1-3-15-9-13(1)11-19(15)21-17-5-7-18(8-6-17)22-20-12-14-2-4-16(20)10-14/h5-8,11-16,21-22H,1-4,9-10H2. The van der Waals surface area contributed by atoms with Crippen LogP contribution in [-0.4, -0.2) is 0 Å². The predicted octanol–water partition coefficient (Wildman–Crippen LogP) is 5.14. The number of allylic oxidation sites excluding steroid dienone is 4. The molecule has 2 fully saturated rings. The van der Waals surface area contributed by atoms with Crippen molar-refractivity contribution in [3.63, 3.8) is 0 Å². The van der Waals surface area contributed by atoms with Gasteiger partial charge in [-0.05, 0) is 86.5 Å². The van der Waals surface area contributed by atoms with Crippen molar-refractivity contribution in [1.29, 1.82) is 0 Å². The van der Waals surface area contributed by atoms with Gasteiger partial charge >= 0.3 is 0 Å². The van der Waals surface area contributed by atoms with E-state index in [1.54, 1.807) is 0 Å². The minimum atomic E-state index is 0.794. The first-order valence-electron chi connectivity index (χ1n) is 8.91. The summed E-state index contributed by atoms with van der Waals surface area (Å²) in [6.45, 7) is 0. The maximum Gasteiger partial charge on any atom is 0.0383 e. The molecule has 1 aromatic rings. The van der Waals surface area contributed by atoms with Crippen molar-refractivity contribution < 1.29 is 0 Å². The van der Waals surface area contributed by atoms with Gasteiger partial charge in [0.1, 0.15) is 0 Å². The lowest BCUT2D eigenvalue weighted by Gasteiger charge is -2.18. The van der Waals surface area contributed by atoms with Crippen molar-refractivity contribution >= 4 is 11.4 Å². The molecule has 2 nitrogen and oxygen atoms in total. The fourth-order valence-electron chi connectivity index (χ4n) is 4.94. The van der Waals surface area contributed by atoms with E-state index in [1.807, 2.05) is 0 Å². The molecule has 5 rings (SSSR count). The molecule has 0 radical (unpaired) electrons. The number of fused-ring (bicyclic) bond motifs is 4. The zero-order chi connectivity index (χ0) is 14.5. The van der Waals surface area contributed by atoms with Gasteiger partial charge < -0.3 is 10.6 Å². The van der Waals surface area contributed by atoms with E-state index in [-0.39, 0.29) is 0 Å². The van der Waals surface area contributed by atoms with Crippen molar-refractivity contribution in [1.82, 2.24) is 0 Å². The lowest BCUT2D eigenvalue weighted by Crippen LogP contribution is -2.08. The Kier molecular flexibility index (Phi) is 2.86. The molecule has 1 aromatic carbocycles. The van der Waals surface area contributed by atoms with Gasteiger partial charge in [-0.3, -0.25) is 0 Å². The molecule has 0 heterocycles. The number of anilines is 2. The predicted molar refractivity (Wildman–Crippen MR) is 91.5 cm³/mol. The summed E-state index contributed by atoms with van der Waals surface area (Å²) >= 11 is 0. The molecule has 0 aromatic heterocycles. The van der Waals surface area contributed by atoms with Crippen molar-refractivity contribution in [2.24, 2.45) is 23.7 Å². The molecular weight excluding hydrogens is 268 g/mol. The fourth-order valence-corrected chi connectivity index (χ4v) is 4.94. The Hall–Kier alpha value is -1.70. The van der Waals surface area contributed by atoms with E-state index >= 15 is 0 Å². The number of hydrogen-bond donors (Lipinski definition) is 2. The summed E-state index contributed by atoms with van der Waals surface area (Å²) in [6.07, 6.45) is 13.2. The number of hydrogen-bond acceptors (Lipinski definition) is 2. The minimum Gasteiger partial charge on any atom is -0.359 e. The molecule has 4 bridgehead atoms. The average Bonchev–Trinajstić information content (AvgIpc) is 3.29. The van der Waals surface area contributed by atoms with Crippen LogP contribution in [0, 0.1) is 23.7 Å². The highest BCUT2D eigenvalue weighted by Gasteiger charge is 2.33. The lowest BCUT2D eigenvalue weighted by molar-refractivity contribution is 0.661. The Morgan fingerprint density at radius 2 is 1.09 bits per heavy atom. The smallest absolute Gasteiger partial charge is 0.0383 e. The summed E-state index contributed by atoms with van der Waals surface area (Å²) in [4.78, 5) is 0. The molecule has 4 aliphatic carbocycles. The van der Waals surface area contributed by atoms with Gasteiger partial charge in [-0.25, -0.2) is 0 Å². The van der Waals surface area contributed by atoms with Gasteiger partial charge in [-0.2, -0.15) is 0 Å². The second kappa shape index (κ2) is 4.91. The molecule has 2 saturated carbocycles. The molecule has 114 valence electrons. The molecule has 0 amide bonds. The monoisotopic (exact) mass is 292 g/mol. The van der Waals surface area contributed by atoms with Crippen LogP contribution in [0.2, 0.25) is 0 Å². The lowest BCUT2D eigenvalue weighted by atomic mass is 10.0. The van der Waals surface area contributed by atoms with E-state index in [1.165, 1.54) is 61.3 Å². The number of benzene rings is 1. The second-order valence-electron chi connectivity index (χ2n) is 7.61. The van der Waals surface area contributed by atoms with E-state index < -0.39 is 0 Å². The molecule has 4 unspecified atom stereocenters. The first-order chi connectivity index (χ1) is 10.8. The van der Waals surface area contributed by atoms with Gasteiger partial charge in [0, 0.05) is 22.8 Å². The molecule has 4 aliphatic rings. The van der Waals surface area contributed by atoms with E-state index in [4.69, 9.17) is 0 Å². The highest BCUT2D eigenvalue weighted by Crippen LogP contribution is 2.44. The molecule has 4 atom stereocenters. The number of rotatable bonds is 4. The van der Waals surface area contributed by atoms with E-state index in [9.17, 15) is 0 Å². The topological polar surface area (TPSA) is 24.1 Å².